The highest BCUT2D eigenvalue weighted by atomic mass is 35.5. The lowest BCUT2D eigenvalue weighted by molar-refractivity contribution is -0.274. The van der Waals surface area contributed by atoms with Gasteiger partial charge in [0.15, 0.2) is 0 Å². The van der Waals surface area contributed by atoms with E-state index in [1.807, 2.05) is 18.2 Å². The molecule has 2 atom stereocenters. The van der Waals surface area contributed by atoms with Crippen LogP contribution in [0.4, 0.5) is 13.2 Å². The van der Waals surface area contributed by atoms with Crippen molar-refractivity contribution in [1.82, 2.24) is 10.2 Å². The Hall–Kier alpha value is -2.25. The number of carbonyl (C=O) groups excluding carboxylic acids is 1. The molecule has 2 aliphatic rings. The number of nitrogens with one attached hydrogen (secondary N) is 1. The minimum absolute atomic E-state index is 0.0491. The number of nitrogens with zero attached hydrogens (tertiary/aromatic N) is 1. The van der Waals surface area contributed by atoms with Crippen LogP contribution >= 0.6 is 11.6 Å². The van der Waals surface area contributed by atoms with Crippen LogP contribution in [0.1, 0.15) is 11.1 Å². The highest BCUT2D eigenvalue weighted by Crippen LogP contribution is 2.52. The lowest BCUT2D eigenvalue weighted by Crippen LogP contribution is -2.31. The number of benzene rings is 2. The highest BCUT2D eigenvalue weighted by Gasteiger charge is 2.58. The topological polar surface area (TPSA) is 41.6 Å². The van der Waals surface area contributed by atoms with E-state index in [0.717, 1.165) is 24.2 Å². The maximum Gasteiger partial charge on any atom is 0.573 e. The number of rotatable bonds is 6. The van der Waals surface area contributed by atoms with Crippen molar-refractivity contribution in [3.8, 4) is 5.75 Å². The van der Waals surface area contributed by atoms with Crippen LogP contribution < -0.4 is 10.1 Å². The molecule has 2 unspecified atom stereocenters. The largest absolute Gasteiger partial charge is 0.573 e. The summed E-state index contributed by atoms with van der Waals surface area (Å²) < 4.78 is 40.5. The molecule has 1 N–H and O–H groups in total. The SMILES string of the molecule is O=C(NCc1cccc(Cl)c1)C1C2CN(Cc3ccc(OC(F)(F)F)cc3)CC21. The van der Waals surface area contributed by atoms with Gasteiger partial charge in [-0.2, -0.15) is 0 Å². The number of likely N-dealkylation sites (tertiary alicyclic amines) is 1. The summed E-state index contributed by atoms with van der Waals surface area (Å²) in [5, 5.41) is 3.63. The van der Waals surface area contributed by atoms with Crippen molar-refractivity contribution in [3.63, 3.8) is 0 Å². The van der Waals surface area contributed by atoms with Crippen LogP contribution in [0.15, 0.2) is 48.5 Å². The number of fused-ring (bicyclic) bond motifs is 1. The number of amides is 1. The minimum atomic E-state index is -4.68. The van der Waals surface area contributed by atoms with E-state index < -0.39 is 6.36 Å². The Morgan fingerprint density at radius 2 is 1.79 bits per heavy atom. The van der Waals surface area contributed by atoms with E-state index in [4.69, 9.17) is 11.6 Å². The summed E-state index contributed by atoms with van der Waals surface area (Å²) in [5.41, 5.74) is 1.89. The van der Waals surface area contributed by atoms with Crippen LogP contribution in [0.25, 0.3) is 0 Å². The van der Waals surface area contributed by atoms with Crippen LogP contribution in [0.3, 0.4) is 0 Å². The molecule has 154 valence electrons. The molecule has 1 aliphatic heterocycles. The molecule has 0 radical (unpaired) electrons. The maximum atomic E-state index is 12.4. The van der Waals surface area contributed by atoms with Crippen LogP contribution in [0.5, 0.6) is 5.75 Å². The fourth-order valence-electron chi connectivity index (χ4n) is 4.14. The summed E-state index contributed by atoms with van der Waals surface area (Å²) in [6.07, 6.45) is -4.68. The molecule has 1 heterocycles. The molecule has 2 aromatic rings. The molecule has 1 saturated heterocycles. The molecular formula is C21H20ClF3N2O2. The van der Waals surface area contributed by atoms with E-state index in [-0.39, 0.29) is 17.6 Å². The third-order valence-electron chi connectivity index (χ3n) is 5.49. The van der Waals surface area contributed by atoms with Gasteiger partial charge < -0.3 is 10.1 Å². The van der Waals surface area contributed by atoms with Gasteiger partial charge in [-0.05, 0) is 47.2 Å². The van der Waals surface area contributed by atoms with E-state index in [1.165, 1.54) is 12.1 Å². The molecule has 1 aliphatic carbocycles. The number of carbonyl (C=O) groups is 1. The van der Waals surface area contributed by atoms with Gasteiger partial charge in [0.2, 0.25) is 5.91 Å². The van der Waals surface area contributed by atoms with Crippen LogP contribution in [-0.2, 0) is 17.9 Å². The van der Waals surface area contributed by atoms with Gasteiger partial charge in [-0.15, -0.1) is 13.2 Å². The summed E-state index contributed by atoms with van der Waals surface area (Å²) in [5.74, 6) is 0.604. The molecule has 29 heavy (non-hydrogen) atoms. The Bertz CT molecular complexity index is 876. The van der Waals surface area contributed by atoms with Crippen LogP contribution in [0.2, 0.25) is 5.02 Å². The first-order valence-corrected chi connectivity index (χ1v) is 9.75. The van der Waals surface area contributed by atoms with Gasteiger partial charge in [-0.3, -0.25) is 9.69 Å². The standard InChI is InChI=1S/C21H20ClF3N2O2/c22-15-3-1-2-14(8-15)9-26-20(28)19-17-11-27(12-18(17)19)10-13-4-6-16(7-5-13)29-21(23,24)25/h1-8,17-19H,9-12H2,(H,26,28). The average molecular weight is 425 g/mol. The van der Waals surface area contributed by atoms with Gasteiger partial charge in [0.25, 0.3) is 0 Å². The predicted octanol–water partition coefficient (Wildman–Crippen LogP) is 4.23. The lowest BCUT2D eigenvalue weighted by Gasteiger charge is -2.19. The molecule has 4 nitrogen and oxygen atoms in total. The Morgan fingerprint density at radius 1 is 1.10 bits per heavy atom. The van der Waals surface area contributed by atoms with Crippen molar-refractivity contribution < 1.29 is 22.7 Å². The Labute approximate surface area is 171 Å². The first-order valence-electron chi connectivity index (χ1n) is 9.38. The molecule has 0 spiro atoms. The zero-order chi connectivity index (χ0) is 20.6. The van der Waals surface area contributed by atoms with Crippen molar-refractivity contribution in [2.75, 3.05) is 13.1 Å². The molecule has 1 saturated carbocycles. The predicted molar refractivity (Wildman–Crippen MR) is 102 cm³/mol. The molecular weight excluding hydrogens is 405 g/mol. The highest BCUT2D eigenvalue weighted by molar-refractivity contribution is 6.30. The van der Waals surface area contributed by atoms with Crippen LogP contribution in [0, 0.1) is 17.8 Å². The second kappa shape index (κ2) is 7.88. The fraction of sp³-hybridized carbons (Fsp3) is 0.381. The van der Waals surface area contributed by atoms with Crippen molar-refractivity contribution in [2.24, 2.45) is 17.8 Å². The molecule has 2 fully saturated rings. The molecule has 1 amide bonds. The average Bonchev–Trinajstić information content (AvgIpc) is 3.16. The molecule has 2 aromatic carbocycles. The molecule has 4 rings (SSSR count). The number of hydrogen-bond acceptors (Lipinski definition) is 3. The van der Waals surface area contributed by atoms with Crippen molar-refractivity contribution in [1.29, 1.82) is 0 Å². The van der Waals surface area contributed by atoms with E-state index >= 15 is 0 Å². The number of piperidine rings is 1. The summed E-state index contributed by atoms with van der Waals surface area (Å²) in [6.45, 7) is 2.75. The molecule has 0 bridgehead atoms. The Balaban J connectivity index is 1.22. The molecule has 0 aromatic heterocycles. The van der Waals surface area contributed by atoms with Crippen molar-refractivity contribution in [3.05, 3.63) is 64.7 Å². The summed E-state index contributed by atoms with van der Waals surface area (Å²) in [7, 11) is 0. The zero-order valence-corrected chi connectivity index (χ0v) is 16.2. The first kappa shape index (κ1) is 20.0. The van der Waals surface area contributed by atoms with Crippen molar-refractivity contribution in [2.45, 2.75) is 19.5 Å². The smallest absolute Gasteiger partial charge is 0.406 e. The van der Waals surface area contributed by atoms with Gasteiger partial charge in [0.1, 0.15) is 5.75 Å². The minimum Gasteiger partial charge on any atom is -0.406 e. The normalized spacial score (nSPS) is 23.5. The number of ether oxygens (including phenoxy) is 1. The summed E-state index contributed by atoms with van der Waals surface area (Å²) in [4.78, 5) is 14.7. The molecule has 8 heteroatoms. The Morgan fingerprint density at radius 3 is 2.41 bits per heavy atom. The quantitative estimate of drug-likeness (QED) is 0.754. The first-order chi connectivity index (χ1) is 13.8. The lowest BCUT2D eigenvalue weighted by atomic mass is 10.1. The third-order valence-corrected chi connectivity index (χ3v) is 5.73. The maximum absolute atomic E-state index is 12.4. The summed E-state index contributed by atoms with van der Waals surface area (Å²) >= 11 is 5.96. The second-order valence-corrected chi connectivity index (χ2v) is 8.02. The van der Waals surface area contributed by atoms with Crippen LogP contribution in [-0.4, -0.2) is 30.3 Å². The van der Waals surface area contributed by atoms with Crippen molar-refractivity contribution >= 4 is 17.5 Å². The number of halogens is 4. The fourth-order valence-corrected chi connectivity index (χ4v) is 4.35. The van der Waals surface area contributed by atoms with E-state index in [0.29, 0.717) is 29.9 Å². The van der Waals surface area contributed by atoms with Gasteiger partial charge in [0, 0.05) is 37.1 Å². The zero-order valence-electron chi connectivity index (χ0n) is 15.5. The third kappa shape index (κ3) is 5.03. The number of hydrogen-bond donors (Lipinski definition) is 1. The Kier molecular flexibility index (Phi) is 5.44. The monoisotopic (exact) mass is 424 g/mol. The van der Waals surface area contributed by atoms with Gasteiger partial charge in [-0.1, -0.05) is 35.9 Å². The number of alkyl halides is 3. The second-order valence-electron chi connectivity index (χ2n) is 7.59. The van der Waals surface area contributed by atoms with E-state index in [9.17, 15) is 18.0 Å². The van der Waals surface area contributed by atoms with E-state index in [1.54, 1.807) is 18.2 Å². The summed E-state index contributed by atoms with van der Waals surface area (Å²) in [6, 6.07) is 13.3. The van der Waals surface area contributed by atoms with E-state index in [2.05, 4.69) is 15.0 Å². The van der Waals surface area contributed by atoms with Gasteiger partial charge in [0.05, 0.1) is 0 Å². The van der Waals surface area contributed by atoms with Gasteiger partial charge >= 0.3 is 6.36 Å². The van der Waals surface area contributed by atoms with Gasteiger partial charge in [-0.25, -0.2) is 0 Å².